The van der Waals surface area contributed by atoms with Gasteiger partial charge in [-0.25, -0.2) is 9.59 Å². The molecule has 6 heteroatoms. The van der Waals surface area contributed by atoms with Crippen LogP contribution in [0.15, 0.2) is 35.3 Å². The zero-order chi connectivity index (χ0) is 15.6. The van der Waals surface area contributed by atoms with Gasteiger partial charge in [0.25, 0.3) is 0 Å². The van der Waals surface area contributed by atoms with Gasteiger partial charge in [-0.15, -0.1) is 0 Å². The van der Waals surface area contributed by atoms with Crippen LogP contribution in [0.1, 0.15) is 26.3 Å². The Morgan fingerprint density at radius 3 is 2.43 bits per heavy atom. The number of carboxylic acid groups (broad SMARTS) is 1. The standard InChI is InChI=1S/C15H18N2O4/c1-15(2,3)21-14(20)17-9-11(13(18)19)16-12(17)10-7-5-4-6-8-10/h4-8,11H,9H2,1-3H3,(H,18,19). The summed E-state index contributed by atoms with van der Waals surface area (Å²) < 4.78 is 5.31. The van der Waals surface area contributed by atoms with Crippen molar-refractivity contribution in [2.45, 2.75) is 32.4 Å². The van der Waals surface area contributed by atoms with Gasteiger partial charge in [0.05, 0.1) is 6.54 Å². The van der Waals surface area contributed by atoms with E-state index in [2.05, 4.69) is 4.99 Å². The smallest absolute Gasteiger partial charge is 0.416 e. The van der Waals surface area contributed by atoms with E-state index in [4.69, 9.17) is 9.84 Å². The molecule has 0 fully saturated rings. The number of benzene rings is 1. The maximum atomic E-state index is 12.2. The minimum atomic E-state index is -1.06. The monoisotopic (exact) mass is 290 g/mol. The summed E-state index contributed by atoms with van der Waals surface area (Å²) in [4.78, 5) is 28.8. The highest BCUT2D eigenvalue weighted by atomic mass is 16.6. The van der Waals surface area contributed by atoms with Crippen LogP contribution < -0.4 is 0 Å². The summed E-state index contributed by atoms with van der Waals surface area (Å²) in [7, 11) is 0. The number of nitrogens with zero attached hydrogens (tertiary/aromatic N) is 2. The quantitative estimate of drug-likeness (QED) is 0.905. The van der Waals surface area contributed by atoms with Crippen molar-refractivity contribution < 1.29 is 19.4 Å². The Morgan fingerprint density at radius 1 is 1.29 bits per heavy atom. The Morgan fingerprint density at radius 2 is 1.90 bits per heavy atom. The van der Waals surface area contributed by atoms with Crippen LogP contribution >= 0.6 is 0 Å². The molecule has 0 radical (unpaired) electrons. The second kappa shape index (κ2) is 5.55. The predicted octanol–water partition coefficient (Wildman–Crippen LogP) is 2.14. The molecule has 21 heavy (non-hydrogen) atoms. The van der Waals surface area contributed by atoms with Crippen molar-refractivity contribution in [3.8, 4) is 0 Å². The molecule has 0 saturated carbocycles. The third-order valence-corrected chi connectivity index (χ3v) is 2.82. The molecule has 0 saturated heterocycles. The van der Waals surface area contributed by atoms with Gasteiger partial charge < -0.3 is 9.84 Å². The average Bonchev–Trinajstić information content (AvgIpc) is 2.83. The first-order valence-corrected chi connectivity index (χ1v) is 6.64. The van der Waals surface area contributed by atoms with Crippen molar-refractivity contribution in [3.05, 3.63) is 35.9 Å². The van der Waals surface area contributed by atoms with E-state index >= 15 is 0 Å². The highest BCUT2D eigenvalue weighted by molar-refractivity contribution is 6.09. The van der Waals surface area contributed by atoms with Crippen LogP contribution in [0.2, 0.25) is 0 Å². The van der Waals surface area contributed by atoms with Crippen LogP contribution in [0.3, 0.4) is 0 Å². The Bertz CT molecular complexity index is 575. The zero-order valence-corrected chi connectivity index (χ0v) is 12.2. The van der Waals surface area contributed by atoms with Crippen LogP contribution in [0.5, 0.6) is 0 Å². The van der Waals surface area contributed by atoms with Crippen LogP contribution in [-0.2, 0) is 9.53 Å². The molecule has 2 rings (SSSR count). The SMILES string of the molecule is CC(C)(C)OC(=O)N1CC(C(=O)O)N=C1c1ccccc1. The molecule has 0 spiro atoms. The third-order valence-electron chi connectivity index (χ3n) is 2.82. The molecule has 0 aromatic heterocycles. The molecule has 1 aliphatic rings. The van der Waals surface area contributed by atoms with E-state index in [1.807, 2.05) is 6.07 Å². The fraction of sp³-hybridized carbons (Fsp3) is 0.400. The first kappa shape index (κ1) is 15.0. The largest absolute Gasteiger partial charge is 0.480 e. The first-order valence-electron chi connectivity index (χ1n) is 6.64. The number of carboxylic acids is 1. The summed E-state index contributed by atoms with van der Waals surface area (Å²) in [5.74, 6) is -0.730. The Hall–Kier alpha value is -2.37. The zero-order valence-electron chi connectivity index (χ0n) is 12.2. The normalized spacial score (nSPS) is 18.3. The van der Waals surface area contributed by atoms with Gasteiger partial charge >= 0.3 is 12.1 Å². The van der Waals surface area contributed by atoms with E-state index < -0.39 is 23.7 Å². The van der Waals surface area contributed by atoms with E-state index in [9.17, 15) is 9.59 Å². The van der Waals surface area contributed by atoms with Crippen LogP contribution in [-0.4, -0.2) is 46.1 Å². The molecule has 1 aliphatic heterocycles. The molecule has 1 unspecified atom stereocenters. The van der Waals surface area contributed by atoms with Gasteiger partial charge in [0, 0.05) is 5.56 Å². The number of ether oxygens (including phenoxy) is 1. The molecule has 0 bridgehead atoms. The van der Waals surface area contributed by atoms with Crippen molar-refractivity contribution in [2.75, 3.05) is 6.54 Å². The molecular weight excluding hydrogens is 272 g/mol. The predicted molar refractivity (Wildman–Crippen MR) is 77.3 cm³/mol. The molecule has 112 valence electrons. The second-order valence-electron chi connectivity index (χ2n) is 5.76. The maximum absolute atomic E-state index is 12.2. The summed E-state index contributed by atoms with van der Waals surface area (Å²) in [6.45, 7) is 5.26. The number of amidine groups is 1. The van der Waals surface area contributed by atoms with Crippen molar-refractivity contribution in [1.82, 2.24) is 4.90 Å². The van der Waals surface area contributed by atoms with Crippen molar-refractivity contribution in [1.29, 1.82) is 0 Å². The molecular formula is C15H18N2O4. The van der Waals surface area contributed by atoms with E-state index in [0.29, 0.717) is 11.4 Å². The molecule has 1 heterocycles. The number of rotatable bonds is 2. The molecule has 1 aromatic rings. The third kappa shape index (κ3) is 3.59. The van der Waals surface area contributed by atoms with Crippen LogP contribution in [0, 0.1) is 0 Å². The molecule has 1 amide bonds. The van der Waals surface area contributed by atoms with Crippen LogP contribution in [0.4, 0.5) is 4.79 Å². The molecule has 6 nitrogen and oxygen atoms in total. The second-order valence-corrected chi connectivity index (χ2v) is 5.76. The number of carbonyl (C=O) groups excluding carboxylic acids is 1. The van der Waals surface area contributed by atoms with Gasteiger partial charge in [0.2, 0.25) is 0 Å². The number of amides is 1. The lowest BCUT2D eigenvalue weighted by Crippen LogP contribution is -2.41. The molecule has 1 aromatic carbocycles. The van der Waals surface area contributed by atoms with E-state index in [1.54, 1.807) is 45.0 Å². The number of aliphatic imine (C=N–C) groups is 1. The average molecular weight is 290 g/mol. The Labute approximate surface area is 123 Å². The number of hydrogen-bond donors (Lipinski definition) is 1. The van der Waals surface area contributed by atoms with Crippen molar-refractivity contribution in [3.63, 3.8) is 0 Å². The minimum absolute atomic E-state index is 0.0194. The lowest BCUT2D eigenvalue weighted by atomic mass is 10.2. The Kier molecular flexibility index (Phi) is 3.97. The highest BCUT2D eigenvalue weighted by Gasteiger charge is 2.36. The van der Waals surface area contributed by atoms with E-state index in [0.717, 1.165) is 0 Å². The van der Waals surface area contributed by atoms with E-state index in [-0.39, 0.29) is 6.54 Å². The van der Waals surface area contributed by atoms with Gasteiger partial charge in [0.1, 0.15) is 11.4 Å². The number of hydrogen-bond acceptors (Lipinski definition) is 4. The molecule has 1 N–H and O–H groups in total. The number of carbonyl (C=O) groups is 2. The number of aliphatic carboxylic acids is 1. The van der Waals surface area contributed by atoms with Gasteiger partial charge in [-0.1, -0.05) is 30.3 Å². The van der Waals surface area contributed by atoms with Gasteiger partial charge in [0.15, 0.2) is 6.04 Å². The first-order chi connectivity index (χ1) is 9.78. The fourth-order valence-corrected chi connectivity index (χ4v) is 1.95. The summed E-state index contributed by atoms with van der Waals surface area (Å²) >= 11 is 0. The molecule has 0 aliphatic carbocycles. The van der Waals surface area contributed by atoms with Crippen molar-refractivity contribution >= 4 is 17.9 Å². The summed E-state index contributed by atoms with van der Waals surface area (Å²) in [6, 6.07) is 8.04. The van der Waals surface area contributed by atoms with E-state index in [1.165, 1.54) is 4.90 Å². The van der Waals surface area contributed by atoms with Crippen molar-refractivity contribution in [2.24, 2.45) is 4.99 Å². The topological polar surface area (TPSA) is 79.2 Å². The molecule has 1 atom stereocenters. The summed E-state index contributed by atoms with van der Waals surface area (Å²) in [6.07, 6.45) is -0.589. The van der Waals surface area contributed by atoms with Gasteiger partial charge in [-0.05, 0) is 20.8 Å². The van der Waals surface area contributed by atoms with Gasteiger partial charge in [-0.3, -0.25) is 9.89 Å². The summed E-state index contributed by atoms with van der Waals surface area (Å²) in [5, 5.41) is 9.12. The fourth-order valence-electron chi connectivity index (χ4n) is 1.95. The lowest BCUT2D eigenvalue weighted by molar-refractivity contribution is -0.138. The lowest BCUT2D eigenvalue weighted by Gasteiger charge is -2.25. The maximum Gasteiger partial charge on any atom is 0.416 e. The van der Waals surface area contributed by atoms with Crippen LogP contribution in [0.25, 0.3) is 0 Å². The minimum Gasteiger partial charge on any atom is -0.480 e. The summed E-state index contributed by atoms with van der Waals surface area (Å²) in [5.41, 5.74) is 0.0346. The highest BCUT2D eigenvalue weighted by Crippen LogP contribution is 2.19. The van der Waals surface area contributed by atoms with Gasteiger partial charge in [-0.2, -0.15) is 0 Å². The Balaban J connectivity index is 2.30.